The van der Waals surface area contributed by atoms with Crippen LogP contribution in [0.1, 0.15) is 34.5 Å². The quantitative estimate of drug-likeness (QED) is 0.636. The van der Waals surface area contributed by atoms with Crippen LogP contribution in [0.25, 0.3) is 0 Å². The molecule has 1 unspecified atom stereocenters. The third kappa shape index (κ3) is 2.56. The predicted molar refractivity (Wildman–Crippen MR) is 73.7 cm³/mol. The molecular weight excluding hydrogens is 264 g/mol. The second-order valence-electron chi connectivity index (χ2n) is 4.71. The summed E-state index contributed by atoms with van der Waals surface area (Å²) in [7, 11) is 1.90. The molecule has 0 saturated heterocycles. The molecule has 2 rings (SSSR count). The monoisotopic (exact) mass is 280 g/mol. The zero-order valence-electron chi connectivity index (χ0n) is 11.5. The van der Waals surface area contributed by atoms with Crippen LogP contribution >= 0.6 is 11.6 Å². The van der Waals surface area contributed by atoms with Gasteiger partial charge in [-0.15, -0.1) is 21.8 Å². The normalized spacial score (nSPS) is 12.7. The second-order valence-corrected chi connectivity index (χ2v) is 5.36. The van der Waals surface area contributed by atoms with E-state index in [0.717, 1.165) is 17.2 Å². The van der Waals surface area contributed by atoms with Crippen LogP contribution in [0, 0.1) is 13.8 Å². The van der Waals surface area contributed by atoms with E-state index in [2.05, 4.69) is 14.8 Å². The van der Waals surface area contributed by atoms with Gasteiger partial charge in [0.2, 0.25) is 0 Å². The van der Waals surface area contributed by atoms with Crippen molar-refractivity contribution in [2.75, 3.05) is 0 Å². The molecular formula is C13H17ClN4O. The van der Waals surface area contributed by atoms with E-state index in [-0.39, 0.29) is 5.78 Å². The van der Waals surface area contributed by atoms with Gasteiger partial charge in [0.25, 0.3) is 0 Å². The number of rotatable bonds is 4. The molecule has 19 heavy (non-hydrogen) atoms. The summed E-state index contributed by atoms with van der Waals surface area (Å²) in [4.78, 5) is 12.0. The highest BCUT2D eigenvalue weighted by molar-refractivity contribution is 6.33. The molecule has 0 aliphatic carbocycles. The maximum atomic E-state index is 12.0. The van der Waals surface area contributed by atoms with E-state index < -0.39 is 5.38 Å². The van der Waals surface area contributed by atoms with Crippen LogP contribution in [0.5, 0.6) is 0 Å². The molecule has 1 atom stereocenters. The highest BCUT2D eigenvalue weighted by Gasteiger charge is 2.19. The van der Waals surface area contributed by atoms with Crippen LogP contribution in [-0.2, 0) is 13.6 Å². The number of nitrogens with zero attached hydrogens (tertiary/aromatic N) is 4. The molecule has 0 fully saturated rings. The van der Waals surface area contributed by atoms with Crippen molar-refractivity contribution < 1.29 is 4.79 Å². The van der Waals surface area contributed by atoms with Crippen LogP contribution in [-0.4, -0.2) is 30.5 Å². The Bertz CT molecular complexity index is 612. The van der Waals surface area contributed by atoms with Gasteiger partial charge >= 0.3 is 0 Å². The Morgan fingerprint density at radius 2 is 2.16 bits per heavy atom. The lowest BCUT2D eigenvalue weighted by molar-refractivity contribution is 0.0991. The standard InChI is InChI=1S/C13H17ClN4O/c1-8-5-11(13(19)9(2)14)10(3)18(8)6-12-16-15-7-17(12)4/h5,7,9H,6H2,1-4H3. The predicted octanol–water partition coefficient (Wildman–Crippen LogP) is 2.09. The molecule has 2 heterocycles. The van der Waals surface area contributed by atoms with Crippen molar-refractivity contribution in [3.63, 3.8) is 0 Å². The zero-order valence-corrected chi connectivity index (χ0v) is 12.3. The van der Waals surface area contributed by atoms with Crippen LogP contribution in [0.15, 0.2) is 12.4 Å². The molecule has 5 nitrogen and oxygen atoms in total. The molecule has 0 aliphatic rings. The SMILES string of the molecule is Cc1cc(C(=O)C(C)Cl)c(C)n1Cc1nncn1C. The Balaban J connectivity index is 2.37. The molecule has 0 bridgehead atoms. The van der Waals surface area contributed by atoms with Crippen molar-refractivity contribution in [1.29, 1.82) is 0 Å². The third-order valence-corrected chi connectivity index (χ3v) is 3.50. The number of carbonyl (C=O) groups is 1. The van der Waals surface area contributed by atoms with Crippen LogP contribution in [0.4, 0.5) is 0 Å². The summed E-state index contributed by atoms with van der Waals surface area (Å²) < 4.78 is 3.92. The van der Waals surface area contributed by atoms with Crippen molar-refractivity contribution in [3.05, 3.63) is 35.2 Å². The number of Topliss-reactive ketones (excluding diaryl/α,β-unsaturated/α-hetero) is 1. The summed E-state index contributed by atoms with van der Waals surface area (Å²) in [6.45, 7) is 6.19. The second kappa shape index (κ2) is 5.17. The van der Waals surface area contributed by atoms with E-state index >= 15 is 0 Å². The summed E-state index contributed by atoms with van der Waals surface area (Å²) in [5, 5.41) is 7.41. The molecule has 0 radical (unpaired) electrons. The lowest BCUT2D eigenvalue weighted by Gasteiger charge is -2.09. The fourth-order valence-corrected chi connectivity index (χ4v) is 2.22. The van der Waals surface area contributed by atoms with Gasteiger partial charge in [-0.3, -0.25) is 4.79 Å². The molecule has 0 amide bonds. The minimum atomic E-state index is -0.510. The van der Waals surface area contributed by atoms with Crippen LogP contribution in [0.3, 0.4) is 0 Å². The van der Waals surface area contributed by atoms with Gasteiger partial charge in [0.1, 0.15) is 6.33 Å². The van der Waals surface area contributed by atoms with Gasteiger partial charge in [-0.1, -0.05) is 0 Å². The van der Waals surface area contributed by atoms with Gasteiger partial charge in [0.05, 0.1) is 11.9 Å². The number of alkyl halides is 1. The maximum Gasteiger partial charge on any atom is 0.182 e. The minimum absolute atomic E-state index is 0.0426. The van der Waals surface area contributed by atoms with Gasteiger partial charge in [-0.05, 0) is 26.8 Å². The third-order valence-electron chi connectivity index (χ3n) is 3.31. The molecule has 6 heteroatoms. The Hall–Kier alpha value is -1.62. The lowest BCUT2D eigenvalue weighted by Crippen LogP contribution is -2.13. The molecule has 0 spiro atoms. The number of aryl methyl sites for hydroxylation is 2. The highest BCUT2D eigenvalue weighted by atomic mass is 35.5. The Morgan fingerprint density at radius 3 is 2.68 bits per heavy atom. The number of carbonyl (C=O) groups excluding carboxylic acids is 1. The Morgan fingerprint density at radius 1 is 1.47 bits per heavy atom. The largest absolute Gasteiger partial charge is 0.341 e. The van der Waals surface area contributed by atoms with E-state index in [1.54, 1.807) is 13.3 Å². The summed E-state index contributed by atoms with van der Waals surface area (Å²) in [6.07, 6.45) is 1.66. The zero-order chi connectivity index (χ0) is 14.2. The molecule has 0 aromatic carbocycles. The van der Waals surface area contributed by atoms with Crippen LogP contribution < -0.4 is 0 Å². The van der Waals surface area contributed by atoms with Gasteiger partial charge < -0.3 is 9.13 Å². The lowest BCUT2D eigenvalue weighted by atomic mass is 10.1. The van der Waals surface area contributed by atoms with Crippen molar-refractivity contribution in [3.8, 4) is 0 Å². The molecule has 0 saturated carbocycles. The first-order chi connectivity index (χ1) is 8.91. The Labute approximate surface area is 117 Å². The number of aromatic nitrogens is 4. The van der Waals surface area contributed by atoms with Crippen molar-refractivity contribution in [2.24, 2.45) is 7.05 Å². The van der Waals surface area contributed by atoms with Crippen molar-refractivity contribution >= 4 is 17.4 Å². The van der Waals surface area contributed by atoms with E-state index in [9.17, 15) is 4.79 Å². The first-order valence-electron chi connectivity index (χ1n) is 6.09. The van der Waals surface area contributed by atoms with E-state index in [1.165, 1.54) is 0 Å². The minimum Gasteiger partial charge on any atom is -0.341 e. The number of hydrogen-bond acceptors (Lipinski definition) is 3. The smallest absolute Gasteiger partial charge is 0.182 e. The number of hydrogen-bond donors (Lipinski definition) is 0. The first-order valence-corrected chi connectivity index (χ1v) is 6.53. The van der Waals surface area contributed by atoms with E-state index in [1.807, 2.05) is 31.5 Å². The molecule has 102 valence electrons. The van der Waals surface area contributed by atoms with Crippen molar-refractivity contribution in [1.82, 2.24) is 19.3 Å². The molecule has 2 aromatic heterocycles. The fraction of sp³-hybridized carbons (Fsp3) is 0.462. The maximum absolute atomic E-state index is 12.0. The fourth-order valence-electron chi connectivity index (χ4n) is 2.10. The highest BCUT2D eigenvalue weighted by Crippen LogP contribution is 2.19. The average molecular weight is 281 g/mol. The van der Waals surface area contributed by atoms with Gasteiger partial charge in [0, 0.05) is 24.0 Å². The number of halogens is 1. The van der Waals surface area contributed by atoms with E-state index in [0.29, 0.717) is 12.1 Å². The Kier molecular flexibility index (Phi) is 3.75. The summed E-state index contributed by atoms with van der Waals surface area (Å²) in [5.41, 5.74) is 2.61. The average Bonchev–Trinajstić information content (AvgIpc) is 2.87. The van der Waals surface area contributed by atoms with E-state index in [4.69, 9.17) is 11.6 Å². The van der Waals surface area contributed by atoms with Gasteiger partial charge in [-0.2, -0.15) is 0 Å². The summed E-state index contributed by atoms with van der Waals surface area (Å²) in [6, 6.07) is 1.88. The van der Waals surface area contributed by atoms with Crippen molar-refractivity contribution in [2.45, 2.75) is 32.7 Å². The number of ketones is 1. The first kappa shape index (κ1) is 13.8. The van der Waals surface area contributed by atoms with Gasteiger partial charge in [-0.25, -0.2) is 0 Å². The molecule has 2 aromatic rings. The van der Waals surface area contributed by atoms with Gasteiger partial charge in [0.15, 0.2) is 11.6 Å². The van der Waals surface area contributed by atoms with Crippen LogP contribution in [0.2, 0.25) is 0 Å². The summed E-state index contributed by atoms with van der Waals surface area (Å²) in [5.74, 6) is 0.804. The summed E-state index contributed by atoms with van der Waals surface area (Å²) >= 11 is 5.88. The topological polar surface area (TPSA) is 52.7 Å². The molecule has 0 N–H and O–H groups in total. The molecule has 0 aliphatic heterocycles.